The molecule has 0 radical (unpaired) electrons. The molecule has 1 aliphatic rings. The van der Waals surface area contributed by atoms with Crippen molar-refractivity contribution >= 4 is 21.6 Å². The van der Waals surface area contributed by atoms with E-state index in [4.69, 9.17) is 0 Å². The first kappa shape index (κ1) is 12.9. The second-order valence-electron chi connectivity index (χ2n) is 4.40. The molecule has 0 heterocycles. The SMILES string of the molecule is CS(=O)(=O)c1ccc(S[C@@H]2CCC[C@H]2O)cc1. The van der Waals surface area contributed by atoms with E-state index in [2.05, 4.69) is 0 Å². The Hall–Kier alpha value is -0.520. The average molecular weight is 272 g/mol. The zero-order valence-electron chi connectivity index (χ0n) is 9.67. The van der Waals surface area contributed by atoms with Crippen LogP contribution in [-0.4, -0.2) is 31.1 Å². The summed E-state index contributed by atoms with van der Waals surface area (Å²) < 4.78 is 22.6. The van der Waals surface area contributed by atoms with Crippen LogP contribution in [0.15, 0.2) is 34.1 Å². The van der Waals surface area contributed by atoms with Gasteiger partial charge in [0, 0.05) is 16.4 Å². The van der Waals surface area contributed by atoms with Crippen molar-refractivity contribution in [3.63, 3.8) is 0 Å². The Labute approximate surface area is 106 Å². The fourth-order valence-corrected chi connectivity index (χ4v) is 3.84. The molecule has 2 rings (SSSR count). The molecule has 1 aliphatic carbocycles. The molecule has 0 aliphatic heterocycles. The maximum atomic E-state index is 11.3. The fraction of sp³-hybridized carbons (Fsp3) is 0.500. The molecule has 0 bridgehead atoms. The maximum Gasteiger partial charge on any atom is 0.175 e. The van der Waals surface area contributed by atoms with Crippen molar-refractivity contribution in [3.05, 3.63) is 24.3 Å². The molecule has 5 heteroatoms. The Morgan fingerprint density at radius 1 is 1.24 bits per heavy atom. The molecule has 1 saturated carbocycles. The standard InChI is InChI=1S/C12H16O3S2/c1-17(14,15)10-7-5-9(6-8-10)16-12-4-2-3-11(12)13/h5-8,11-13H,2-4H2,1H3/t11-,12-/m1/s1. The predicted octanol–water partition coefficient (Wildman–Crippen LogP) is 2.10. The Bertz CT molecular complexity index is 479. The van der Waals surface area contributed by atoms with Gasteiger partial charge in [-0.1, -0.05) is 0 Å². The van der Waals surface area contributed by atoms with Crippen LogP contribution in [0.2, 0.25) is 0 Å². The molecule has 3 nitrogen and oxygen atoms in total. The summed E-state index contributed by atoms with van der Waals surface area (Å²) in [6, 6.07) is 6.87. The van der Waals surface area contributed by atoms with Gasteiger partial charge in [0.1, 0.15) is 0 Å². The van der Waals surface area contributed by atoms with Crippen molar-refractivity contribution in [2.24, 2.45) is 0 Å². The quantitative estimate of drug-likeness (QED) is 0.915. The number of thioether (sulfide) groups is 1. The molecule has 94 valence electrons. The molecule has 1 aromatic carbocycles. The summed E-state index contributed by atoms with van der Waals surface area (Å²) >= 11 is 1.63. The van der Waals surface area contributed by atoms with Crippen molar-refractivity contribution < 1.29 is 13.5 Å². The van der Waals surface area contributed by atoms with E-state index in [1.165, 1.54) is 6.26 Å². The van der Waals surface area contributed by atoms with Gasteiger partial charge in [0.05, 0.1) is 11.0 Å². The van der Waals surface area contributed by atoms with Gasteiger partial charge in [-0.05, 0) is 43.5 Å². The van der Waals surface area contributed by atoms with Crippen LogP contribution in [0.4, 0.5) is 0 Å². The molecule has 1 aromatic rings. The summed E-state index contributed by atoms with van der Waals surface area (Å²) in [6.07, 6.45) is 3.95. The molecule has 17 heavy (non-hydrogen) atoms. The highest BCUT2D eigenvalue weighted by Gasteiger charge is 2.25. The molecule has 0 unspecified atom stereocenters. The number of hydrogen-bond donors (Lipinski definition) is 1. The monoisotopic (exact) mass is 272 g/mol. The van der Waals surface area contributed by atoms with E-state index in [0.717, 1.165) is 24.2 Å². The molecular weight excluding hydrogens is 256 g/mol. The number of hydrogen-bond acceptors (Lipinski definition) is 4. The predicted molar refractivity (Wildman–Crippen MR) is 69.1 cm³/mol. The van der Waals surface area contributed by atoms with Crippen LogP contribution in [0.3, 0.4) is 0 Å². The molecule has 2 atom stereocenters. The fourth-order valence-electron chi connectivity index (χ4n) is 1.98. The molecule has 1 N–H and O–H groups in total. The van der Waals surface area contributed by atoms with Gasteiger partial charge < -0.3 is 5.11 Å². The second kappa shape index (κ2) is 5.00. The van der Waals surface area contributed by atoms with Gasteiger partial charge in [0.2, 0.25) is 0 Å². The van der Waals surface area contributed by atoms with Crippen LogP contribution in [0.5, 0.6) is 0 Å². The molecule has 1 fully saturated rings. The topological polar surface area (TPSA) is 54.4 Å². The number of aliphatic hydroxyl groups is 1. The number of benzene rings is 1. The smallest absolute Gasteiger partial charge is 0.175 e. The highest BCUT2D eigenvalue weighted by molar-refractivity contribution is 8.00. The molecule has 0 saturated heterocycles. The average Bonchev–Trinajstić information content (AvgIpc) is 2.64. The Balaban J connectivity index is 2.08. The lowest BCUT2D eigenvalue weighted by molar-refractivity contribution is 0.188. The van der Waals surface area contributed by atoms with Crippen molar-refractivity contribution in [2.75, 3.05) is 6.26 Å². The van der Waals surface area contributed by atoms with Crippen LogP contribution in [0, 0.1) is 0 Å². The Morgan fingerprint density at radius 2 is 1.88 bits per heavy atom. The van der Waals surface area contributed by atoms with E-state index in [1.54, 1.807) is 23.9 Å². The molecule has 0 spiro atoms. The largest absolute Gasteiger partial charge is 0.392 e. The third-order valence-corrected chi connectivity index (χ3v) is 5.48. The van der Waals surface area contributed by atoms with E-state index in [9.17, 15) is 13.5 Å². The minimum Gasteiger partial charge on any atom is -0.392 e. The van der Waals surface area contributed by atoms with E-state index in [0.29, 0.717) is 4.90 Å². The highest BCUT2D eigenvalue weighted by atomic mass is 32.2. The summed E-state index contributed by atoms with van der Waals surface area (Å²) in [5.41, 5.74) is 0. The summed E-state index contributed by atoms with van der Waals surface area (Å²) in [5.74, 6) is 0. The van der Waals surface area contributed by atoms with Crippen LogP contribution < -0.4 is 0 Å². The zero-order chi connectivity index (χ0) is 12.5. The summed E-state index contributed by atoms with van der Waals surface area (Å²) in [4.78, 5) is 1.36. The number of rotatable bonds is 3. The Morgan fingerprint density at radius 3 is 2.35 bits per heavy atom. The molecular formula is C12H16O3S2. The molecule has 0 aromatic heterocycles. The second-order valence-corrected chi connectivity index (χ2v) is 7.73. The van der Waals surface area contributed by atoms with Gasteiger partial charge in [-0.25, -0.2) is 8.42 Å². The van der Waals surface area contributed by atoms with E-state index >= 15 is 0 Å². The van der Waals surface area contributed by atoms with Gasteiger partial charge in [0.15, 0.2) is 9.84 Å². The lowest BCUT2D eigenvalue weighted by Crippen LogP contribution is -2.14. The van der Waals surface area contributed by atoms with Gasteiger partial charge >= 0.3 is 0 Å². The van der Waals surface area contributed by atoms with Crippen molar-refractivity contribution in [3.8, 4) is 0 Å². The first-order valence-corrected chi connectivity index (χ1v) is 8.39. The van der Waals surface area contributed by atoms with E-state index in [1.807, 2.05) is 12.1 Å². The molecule has 0 amide bonds. The van der Waals surface area contributed by atoms with Crippen LogP contribution >= 0.6 is 11.8 Å². The zero-order valence-corrected chi connectivity index (χ0v) is 11.3. The first-order valence-electron chi connectivity index (χ1n) is 5.61. The number of aliphatic hydroxyl groups excluding tert-OH is 1. The van der Waals surface area contributed by atoms with E-state index < -0.39 is 9.84 Å². The van der Waals surface area contributed by atoms with Crippen LogP contribution in [0.1, 0.15) is 19.3 Å². The summed E-state index contributed by atoms with van der Waals surface area (Å²) in [6.45, 7) is 0. The number of sulfone groups is 1. The third-order valence-electron chi connectivity index (χ3n) is 2.96. The minimum atomic E-state index is -3.12. The van der Waals surface area contributed by atoms with Gasteiger partial charge in [-0.15, -0.1) is 11.8 Å². The minimum absolute atomic E-state index is 0.227. The lowest BCUT2D eigenvalue weighted by atomic mass is 10.3. The summed E-state index contributed by atoms with van der Waals surface area (Å²) in [5, 5.41) is 9.97. The highest BCUT2D eigenvalue weighted by Crippen LogP contribution is 2.35. The van der Waals surface area contributed by atoms with Gasteiger partial charge in [-0.3, -0.25) is 0 Å². The third kappa shape index (κ3) is 3.24. The van der Waals surface area contributed by atoms with Gasteiger partial charge in [0.25, 0.3) is 0 Å². The van der Waals surface area contributed by atoms with Crippen molar-refractivity contribution in [1.29, 1.82) is 0 Å². The first-order chi connectivity index (χ1) is 7.97. The maximum absolute atomic E-state index is 11.3. The van der Waals surface area contributed by atoms with Crippen LogP contribution in [0.25, 0.3) is 0 Å². The van der Waals surface area contributed by atoms with E-state index in [-0.39, 0.29) is 11.4 Å². The van der Waals surface area contributed by atoms with Gasteiger partial charge in [-0.2, -0.15) is 0 Å². The normalized spacial score (nSPS) is 25.1. The Kier molecular flexibility index (Phi) is 3.80. The van der Waals surface area contributed by atoms with Crippen molar-refractivity contribution in [1.82, 2.24) is 0 Å². The lowest BCUT2D eigenvalue weighted by Gasteiger charge is -2.13. The van der Waals surface area contributed by atoms with Crippen molar-refractivity contribution in [2.45, 2.75) is 40.4 Å². The van der Waals surface area contributed by atoms with Crippen LogP contribution in [-0.2, 0) is 9.84 Å². The summed E-state index contributed by atoms with van der Waals surface area (Å²) in [7, 11) is -3.12.